The monoisotopic (exact) mass is 494 g/mol. The fourth-order valence-corrected chi connectivity index (χ4v) is 5.07. The molecule has 1 aliphatic rings. The Kier molecular flexibility index (Phi) is 8.15. The van der Waals surface area contributed by atoms with E-state index in [1.54, 1.807) is 0 Å². The number of rotatable bonds is 9. The van der Waals surface area contributed by atoms with Crippen molar-refractivity contribution in [3.05, 3.63) is 64.4 Å². The first-order valence-electron chi connectivity index (χ1n) is 12.0. The molecular formula is C27H35BrN4. The Bertz CT molecular complexity index is 994. The van der Waals surface area contributed by atoms with E-state index in [0.717, 1.165) is 64.8 Å². The van der Waals surface area contributed by atoms with Crippen molar-refractivity contribution in [2.24, 2.45) is 11.8 Å². The molecular weight excluding hydrogens is 460 g/mol. The van der Waals surface area contributed by atoms with E-state index in [1.165, 1.54) is 37.7 Å². The van der Waals surface area contributed by atoms with Gasteiger partial charge < -0.3 is 10.2 Å². The molecule has 1 heterocycles. The van der Waals surface area contributed by atoms with Gasteiger partial charge in [0, 0.05) is 30.4 Å². The molecule has 2 aromatic carbocycles. The van der Waals surface area contributed by atoms with Gasteiger partial charge in [-0.2, -0.15) is 0 Å². The fourth-order valence-electron chi connectivity index (χ4n) is 4.81. The van der Waals surface area contributed by atoms with Crippen LogP contribution < -0.4 is 10.2 Å². The number of halogens is 1. The molecule has 1 saturated carbocycles. The lowest BCUT2D eigenvalue weighted by atomic mass is 9.80. The quantitative estimate of drug-likeness (QED) is 0.368. The minimum atomic E-state index is 0.812. The van der Waals surface area contributed by atoms with Crippen LogP contribution in [0.5, 0.6) is 0 Å². The molecule has 1 fully saturated rings. The summed E-state index contributed by atoms with van der Waals surface area (Å²) in [4.78, 5) is 11.8. The third-order valence-corrected chi connectivity index (χ3v) is 7.26. The Morgan fingerprint density at radius 1 is 0.906 bits per heavy atom. The van der Waals surface area contributed by atoms with Crippen molar-refractivity contribution in [2.75, 3.05) is 32.1 Å². The Morgan fingerprint density at radius 3 is 2.38 bits per heavy atom. The van der Waals surface area contributed by atoms with Crippen LogP contribution in [0.1, 0.15) is 43.5 Å². The van der Waals surface area contributed by atoms with Crippen LogP contribution in [0.4, 0.5) is 5.82 Å². The predicted molar refractivity (Wildman–Crippen MR) is 138 cm³/mol. The Morgan fingerprint density at radius 2 is 1.62 bits per heavy atom. The van der Waals surface area contributed by atoms with E-state index in [4.69, 9.17) is 9.97 Å². The molecule has 0 atom stereocenters. The van der Waals surface area contributed by atoms with Crippen LogP contribution in [0, 0.1) is 11.8 Å². The zero-order chi connectivity index (χ0) is 22.3. The Hall–Kier alpha value is -1.98. The lowest BCUT2D eigenvalue weighted by molar-refractivity contribution is 0.257. The number of hydrogen-bond donors (Lipinski definition) is 1. The van der Waals surface area contributed by atoms with Crippen LogP contribution in [0.15, 0.2) is 53.0 Å². The molecule has 4 nitrogen and oxygen atoms in total. The second-order valence-corrected chi connectivity index (χ2v) is 10.3. The number of anilines is 1. The zero-order valence-corrected chi connectivity index (χ0v) is 20.9. The summed E-state index contributed by atoms with van der Waals surface area (Å²) in [6.07, 6.45) is 8.65. The standard InChI is InChI=1S/C27H35BrN4/c1-32(2)27-24-5-3-4-6-25(24)30-26(31-27)16-13-20-7-9-22(10-8-20)19-29-18-17-21-11-14-23(28)15-12-21/h3-6,11-12,14-15,20,22,29H,7-10,13,16-19H2,1-2H3. The van der Waals surface area contributed by atoms with Crippen molar-refractivity contribution in [3.63, 3.8) is 0 Å². The molecule has 0 saturated heterocycles. The first-order chi connectivity index (χ1) is 15.6. The van der Waals surface area contributed by atoms with Crippen LogP contribution in [-0.2, 0) is 12.8 Å². The molecule has 0 amide bonds. The number of nitrogens with one attached hydrogen (secondary N) is 1. The molecule has 4 rings (SSSR count). The molecule has 32 heavy (non-hydrogen) atoms. The van der Waals surface area contributed by atoms with Crippen LogP contribution in [0.2, 0.25) is 0 Å². The molecule has 0 bridgehead atoms. The molecule has 0 aliphatic heterocycles. The van der Waals surface area contributed by atoms with Gasteiger partial charge in [0.05, 0.1) is 5.52 Å². The third-order valence-electron chi connectivity index (χ3n) is 6.73. The number of aryl methyl sites for hydroxylation is 1. The summed E-state index contributed by atoms with van der Waals surface area (Å²) in [6.45, 7) is 2.22. The van der Waals surface area contributed by atoms with Crippen LogP contribution >= 0.6 is 15.9 Å². The van der Waals surface area contributed by atoms with Crippen molar-refractivity contribution in [2.45, 2.75) is 44.9 Å². The zero-order valence-electron chi connectivity index (χ0n) is 19.4. The summed E-state index contributed by atoms with van der Waals surface area (Å²) in [6, 6.07) is 17.0. The summed E-state index contributed by atoms with van der Waals surface area (Å²) in [5, 5.41) is 4.82. The van der Waals surface area contributed by atoms with Crippen molar-refractivity contribution in [1.29, 1.82) is 0 Å². The smallest absolute Gasteiger partial charge is 0.139 e. The number of aromatic nitrogens is 2. The average Bonchev–Trinajstić information content (AvgIpc) is 2.81. The first kappa shape index (κ1) is 23.2. The van der Waals surface area contributed by atoms with Gasteiger partial charge in [-0.1, -0.05) is 53.0 Å². The van der Waals surface area contributed by atoms with E-state index in [2.05, 4.69) is 88.8 Å². The van der Waals surface area contributed by atoms with Gasteiger partial charge in [0.1, 0.15) is 11.6 Å². The molecule has 170 valence electrons. The number of nitrogens with zero attached hydrogens (tertiary/aromatic N) is 3. The lowest BCUT2D eigenvalue weighted by Gasteiger charge is -2.28. The number of para-hydroxylation sites is 1. The van der Waals surface area contributed by atoms with E-state index in [9.17, 15) is 0 Å². The number of fused-ring (bicyclic) bond motifs is 1. The summed E-state index contributed by atoms with van der Waals surface area (Å²) >= 11 is 3.50. The number of benzene rings is 2. The predicted octanol–water partition coefficient (Wildman–Crippen LogP) is 6.03. The van der Waals surface area contributed by atoms with Crippen molar-refractivity contribution in [3.8, 4) is 0 Å². The topological polar surface area (TPSA) is 41.1 Å². The molecule has 0 unspecified atom stereocenters. The van der Waals surface area contributed by atoms with Crippen molar-refractivity contribution < 1.29 is 0 Å². The maximum absolute atomic E-state index is 4.88. The normalized spacial score (nSPS) is 18.7. The van der Waals surface area contributed by atoms with Gasteiger partial charge in [-0.25, -0.2) is 9.97 Å². The Labute approximate surface area is 201 Å². The minimum Gasteiger partial charge on any atom is -0.362 e. The highest BCUT2D eigenvalue weighted by molar-refractivity contribution is 9.10. The molecule has 5 heteroatoms. The van der Waals surface area contributed by atoms with Gasteiger partial charge in [0.25, 0.3) is 0 Å². The summed E-state index contributed by atoms with van der Waals surface area (Å²) in [5.41, 5.74) is 2.46. The highest BCUT2D eigenvalue weighted by Gasteiger charge is 2.21. The highest BCUT2D eigenvalue weighted by Crippen LogP contribution is 2.31. The summed E-state index contributed by atoms with van der Waals surface area (Å²) < 4.78 is 1.15. The second kappa shape index (κ2) is 11.2. The largest absolute Gasteiger partial charge is 0.362 e. The maximum atomic E-state index is 4.88. The van der Waals surface area contributed by atoms with Gasteiger partial charge in [-0.05, 0) is 80.4 Å². The fraction of sp³-hybridized carbons (Fsp3) is 0.481. The average molecular weight is 496 g/mol. The van der Waals surface area contributed by atoms with Gasteiger partial charge in [0.15, 0.2) is 0 Å². The minimum absolute atomic E-state index is 0.812. The van der Waals surface area contributed by atoms with Crippen LogP contribution in [-0.4, -0.2) is 37.2 Å². The summed E-state index contributed by atoms with van der Waals surface area (Å²) in [7, 11) is 4.12. The molecule has 3 aromatic rings. The van der Waals surface area contributed by atoms with Gasteiger partial charge in [-0.15, -0.1) is 0 Å². The van der Waals surface area contributed by atoms with Gasteiger partial charge in [-0.3, -0.25) is 0 Å². The van der Waals surface area contributed by atoms with E-state index < -0.39 is 0 Å². The van der Waals surface area contributed by atoms with E-state index in [-0.39, 0.29) is 0 Å². The lowest BCUT2D eigenvalue weighted by Crippen LogP contribution is -2.28. The molecule has 1 aromatic heterocycles. The highest BCUT2D eigenvalue weighted by atomic mass is 79.9. The van der Waals surface area contributed by atoms with Crippen LogP contribution in [0.25, 0.3) is 10.9 Å². The Balaban J connectivity index is 1.19. The third kappa shape index (κ3) is 6.29. The van der Waals surface area contributed by atoms with E-state index in [1.807, 2.05) is 0 Å². The molecule has 0 spiro atoms. The first-order valence-corrected chi connectivity index (χ1v) is 12.8. The van der Waals surface area contributed by atoms with E-state index >= 15 is 0 Å². The van der Waals surface area contributed by atoms with Gasteiger partial charge in [0.2, 0.25) is 0 Å². The molecule has 1 N–H and O–H groups in total. The SMILES string of the molecule is CN(C)c1nc(CCC2CCC(CNCCc3ccc(Br)cc3)CC2)nc2ccccc12. The maximum Gasteiger partial charge on any atom is 0.139 e. The second-order valence-electron chi connectivity index (χ2n) is 9.38. The van der Waals surface area contributed by atoms with Gasteiger partial charge >= 0.3 is 0 Å². The van der Waals surface area contributed by atoms with Crippen LogP contribution in [0.3, 0.4) is 0 Å². The van der Waals surface area contributed by atoms with Crippen molar-refractivity contribution >= 4 is 32.7 Å². The molecule has 0 radical (unpaired) electrons. The van der Waals surface area contributed by atoms with E-state index in [0.29, 0.717) is 0 Å². The van der Waals surface area contributed by atoms with Crippen molar-refractivity contribution in [1.82, 2.24) is 15.3 Å². The molecule has 1 aliphatic carbocycles. The summed E-state index contributed by atoms with van der Waals surface area (Å²) in [5.74, 6) is 3.66. The number of hydrogen-bond acceptors (Lipinski definition) is 4.